The molecule has 0 heterocycles. The van der Waals surface area contributed by atoms with E-state index in [9.17, 15) is 17.6 Å². The normalized spacial score (nSPS) is 11.3. The summed E-state index contributed by atoms with van der Waals surface area (Å²) < 4.78 is 44.3. The standard InChI is InChI=1S/C15H12BrFO4S/c1-9-4-3-5-11(6-9)22(19,20)13-8-10(16)7-12(17)14(13)15(18)21-2/h3-8H,1-2H3. The molecule has 22 heavy (non-hydrogen) atoms. The highest BCUT2D eigenvalue weighted by Gasteiger charge is 2.28. The fourth-order valence-corrected chi connectivity index (χ4v) is 4.14. The van der Waals surface area contributed by atoms with Crippen molar-refractivity contribution in [2.24, 2.45) is 0 Å². The molecule has 0 saturated carbocycles. The molecular weight excluding hydrogens is 375 g/mol. The summed E-state index contributed by atoms with van der Waals surface area (Å²) in [5, 5.41) is 0. The quantitative estimate of drug-likeness (QED) is 0.757. The SMILES string of the molecule is COC(=O)c1c(F)cc(Br)cc1S(=O)(=O)c1cccc(C)c1. The Hall–Kier alpha value is -1.73. The molecule has 0 unspecified atom stereocenters. The first-order chi connectivity index (χ1) is 10.3. The summed E-state index contributed by atoms with van der Waals surface area (Å²) >= 11 is 3.04. The highest BCUT2D eigenvalue weighted by atomic mass is 79.9. The second kappa shape index (κ2) is 6.18. The van der Waals surface area contributed by atoms with Crippen molar-refractivity contribution in [1.29, 1.82) is 0 Å². The van der Waals surface area contributed by atoms with E-state index in [4.69, 9.17) is 0 Å². The minimum atomic E-state index is -4.06. The minimum Gasteiger partial charge on any atom is -0.465 e. The molecule has 0 aliphatic rings. The zero-order chi connectivity index (χ0) is 16.5. The van der Waals surface area contributed by atoms with Gasteiger partial charge in [-0.25, -0.2) is 17.6 Å². The third-order valence-electron chi connectivity index (χ3n) is 3.00. The Balaban J connectivity index is 2.78. The molecule has 4 nitrogen and oxygen atoms in total. The first-order valence-electron chi connectivity index (χ1n) is 6.16. The van der Waals surface area contributed by atoms with Gasteiger partial charge in [-0.3, -0.25) is 0 Å². The minimum absolute atomic E-state index is 0.0184. The van der Waals surface area contributed by atoms with Crippen LogP contribution in [0.3, 0.4) is 0 Å². The molecule has 0 fully saturated rings. The zero-order valence-corrected chi connectivity index (χ0v) is 14.2. The average Bonchev–Trinajstić information content (AvgIpc) is 2.45. The third-order valence-corrected chi connectivity index (χ3v) is 5.23. The van der Waals surface area contributed by atoms with Gasteiger partial charge < -0.3 is 4.74 Å². The highest BCUT2D eigenvalue weighted by molar-refractivity contribution is 9.10. The Morgan fingerprint density at radius 2 is 1.91 bits per heavy atom. The maximum atomic E-state index is 14.1. The van der Waals surface area contributed by atoms with Crippen LogP contribution < -0.4 is 0 Å². The molecular formula is C15H12BrFO4S. The van der Waals surface area contributed by atoms with Crippen LogP contribution in [0, 0.1) is 12.7 Å². The molecule has 0 aliphatic heterocycles. The van der Waals surface area contributed by atoms with E-state index in [1.807, 2.05) is 0 Å². The number of esters is 1. The lowest BCUT2D eigenvalue weighted by atomic mass is 10.2. The maximum Gasteiger partial charge on any atom is 0.342 e. The fraction of sp³-hybridized carbons (Fsp3) is 0.133. The number of carbonyl (C=O) groups is 1. The van der Waals surface area contributed by atoms with Crippen LogP contribution in [-0.4, -0.2) is 21.5 Å². The van der Waals surface area contributed by atoms with Crippen molar-refractivity contribution < 1.29 is 22.3 Å². The molecule has 0 amide bonds. The summed E-state index contributed by atoms with van der Waals surface area (Å²) in [5.41, 5.74) is 0.128. The lowest BCUT2D eigenvalue weighted by Gasteiger charge is -2.11. The fourth-order valence-electron chi connectivity index (χ4n) is 1.97. The van der Waals surface area contributed by atoms with E-state index in [0.29, 0.717) is 0 Å². The molecule has 0 radical (unpaired) electrons. The molecule has 0 spiro atoms. The maximum absolute atomic E-state index is 14.1. The van der Waals surface area contributed by atoms with Gasteiger partial charge in [0.1, 0.15) is 11.4 Å². The van der Waals surface area contributed by atoms with Crippen LogP contribution in [0.15, 0.2) is 50.7 Å². The number of ether oxygens (including phenoxy) is 1. The molecule has 0 atom stereocenters. The number of aryl methyl sites for hydroxylation is 1. The van der Waals surface area contributed by atoms with Gasteiger partial charge >= 0.3 is 5.97 Å². The van der Waals surface area contributed by atoms with Gasteiger partial charge in [-0.15, -0.1) is 0 Å². The Morgan fingerprint density at radius 1 is 1.23 bits per heavy atom. The van der Waals surface area contributed by atoms with Crippen LogP contribution in [0.4, 0.5) is 4.39 Å². The average molecular weight is 387 g/mol. The van der Waals surface area contributed by atoms with E-state index in [1.54, 1.807) is 19.1 Å². The number of carbonyl (C=O) groups excluding carboxylic acids is 1. The zero-order valence-electron chi connectivity index (χ0n) is 11.8. The number of benzene rings is 2. The Bertz CT molecular complexity index is 847. The Morgan fingerprint density at radius 3 is 2.50 bits per heavy atom. The van der Waals surface area contributed by atoms with E-state index in [0.717, 1.165) is 18.7 Å². The second-order valence-corrected chi connectivity index (χ2v) is 7.41. The van der Waals surface area contributed by atoms with Gasteiger partial charge in [0.2, 0.25) is 9.84 Å². The van der Waals surface area contributed by atoms with Gasteiger partial charge in [0.05, 0.1) is 16.9 Å². The van der Waals surface area contributed by atoms with Crippen molar-refractivity contribution in [2.75, 3.05) is 7.11 Å². The van der Waals surface area contributed by atoms with E-state index in [2.05, 4.69) is 20.7 Å². The van der Waals surface area contributed by atoms with Gasteiger partial charge in [-0.2, -0.15) is 0 Å². The molecule has 116 valence electrons. The summed E-state index contributed by atoms with van der Waals surface area (Å²) in [6.45, 7) is 1.74. The van der Waals surface area contributed by atoms with Gasteiger partial charge in [-0.1, -0.05) is 28.1 Å². The number of hydrogen-bond donors (Lipinski definition) is 0. The summed E-state index contributed by atoms with van der Waals surface area (Å²) in [5.74, 6) is -2.01. The van der Waals surface area contributed by atoms with Crippen molar-refractivity contribution in [2.45, 2.75) is 16.7 Å². The summed E-state index contributed by atoms with van der Waals surface area (Å²) in [4.78, 5) is 11.3. The van der Waals surface area contributed by atoms with Crippen LogP contribution in [0.1, 0.15) is 15.9 Å². The van der Waals surface area contributed by atoms with Crippen molar-refractivity contribution in [3.8, 4) is 0 Å². The smallest absolute Gasteiger partial charge is 0.342 e. The topological polar surface area (TPSA) is 60.4 Å². The molecule has 0 bridgehead atoms. The van der Waals surface area contributed by atoms with Gasteiger partial charge in [0.15, 0.2) is 0 Å². The van der Waals surface area contributed by atoms with Crippen LogP contribution in [0.5, 0.6) is 0 Å². The molecule has 2 aromatic rings. The first kappa shape index (κ1) is 16.6. The van der Waals surface area contributed by atoms with Gasteiger partial charge in [0, 0.05) is 4.47 Å². The van der Waals surface area contributed by atoms with E-state index in [1.165, 1.54) is 18.2 Å². The number of hydrogen-bond acceptors (Lipinski definition) is 4. The van der Waals surface area contributed by atoms with E-state index in [-0.39, 0.29) is 9.37 Å². The van der Waals surface area contributed by atoms with Crippen molar-refractivity contribution in [1.82, 2.24) is 0 Å². The summed E-state index contributed by atoms with van der Waals surface area (Å²) in [6, 6.07) is 8.36. The number of rotatable bonds is 3. The molecule has 2 rings (SSSR count). The number of methoxy groups -OCH3 is 1. The van der Waals surface area contributed by atoms with Crippen molar-refractivity contribution in [3.63, 3.8) is 0 Å². The van der Waals surface area contributed by atoms with Crippen LogP contribution in [-0.2, 0) is 14.6 Å². The van der Waals surface area contributed by atoms with Crippen LogP contribution >= 0.6 is 15.9 Å². The number of sulfone groups is 1. The predicted octanol–water partition coefficient (Wildman–Crippen LogP) is 3.52. The van der Waals surface area contributed by atoms with E-state index >= 15 is 0 Å². The monoisotopic (exact) mass is 386 g/mol. The predicted molar refractivity (Wildman–Crippen MR) is 82.1 cm³/mol. The molecule has 0 saturated heterocycles. The summed E-state index contributed by atoms with van der Waals surface area (Å²) in [7, 11) is -3.00. The molecule has 2 aromatic carbocycles. The van der Waals surface area contributed by atoms with Gasteiger partial charge in [0.25, 0.3) is 0 Å². The first-order valence-corrected chi connectivity index (χ1v) is 8.44. The summed E-state index contributed by atoms with van der Waals surface area (Å²) in [6.07, 6.45) is 0. The van der Waals surface area contributed by atoms with Crippen molar-refractivity contribution in [3.05, 3.63) is 57.8 Å². The van der Waals surface area contributed by atoms with Crippen LogP contribution in [0.25, 0.3) is 0 Å². The molecule has 0 aliphatic carbocycles. The third kappa shape index (κ3) is 3.05. The van der Waals surface area contributed by atoms with Crippen molar-refractivity contribution >= 4 is 31.7 Å². The second-order valence-electron chi connectivity index (χ2n) is 4.57. The van der Waals surface area contributed by atoms with Crippen LogP contribution in [0.2, 0.25) is 0 Å². The largest absolute Gasteiger partial charge is 0.465 e. The molecule has 0 aromatic heterocycles. The van der Waals surface area contributed by atoms with Gasteiger partial charge in [-0.05, 0) is 36.8 Å². The number of halogens is 2. The van der Waals surface area contributed by atoms with E-state index < -0.39 is 32.1 Å². The highest BCUT2D eigenvalue weighted by Crippen LogP contribution is 2.30. The lowest BCUT2D eigenvalue weighted by molar-refractivity contribution is 0.0590. The Kier molecular flexibility index (Phi) is 4.67. The molecule has 0 N–H and O–H groups in total. The lowest BCUT2D eigenvalue weighted by Crippen LogP contribution is -2.13. The molecule has 7 heteroatoms. The Labute approximate surface area is 136 Å².